The van der Waals surface area contributed by atoms with E-state index in [1.54, 1.807) is 12.1 Å². The van der Waals surface area contributed by atoms with E-state index in [0.29, 0.717) is 18.8 Å². The zero-order valence-electron chi connectivity index (χ0n) is 13.9. The first-order chi connectivity index (χ1) is 10.3. The van der Waals surface area contributed by atoms with Crippen molar-refractivity contribution >= 4 is 11.9 Å². The van der Waals surface area contributed by atoms with E-state index in [0.717, 1.165) is 5.56 Å². The zero-order valence-corrected chi connectivity index (χ0v) is 13.9. The summed E-state index contributed by atoms with van der Waals surface area (Å²) in [6.07, 6.45) is 0.845. The molecule has 0 saturated carbocycles. The SMILES string of the molecule is CCC(CNC(=O)CC(C)C(C)C)(C(=O)O)c1ccccc1. The fourth-order valence-corrected chi connectivity index (χ4v) is 2.39. The van der Waals surface area contributed by atoms with Gasteiger partial charge in [-0.05, 0) is 23.8 Å². The molecule has 122 valence electrons. The lowest BCUT2D eigenvalue weighted by molar-refractivity contribution is -0.144. The Balaban J connectivity index is 2.84. The van der Waals surface area contributed by atoms with Gasteiger partial charge in [0.05, 0.1) is 0 Å². The molecule has 2 unspecified atom stereocenters. The summed E-state index contributed by atoms with van der Waals surface area (Å²) in [5, 5.41) is 12.5. The van der Waals surface area contributed by atoms with Gasteiger partial charge in [-0.1, -0.05) is 58.0 Å². The van der Waals surface area contributed by atoms with Gasteiger partial charge in [-0.15, -0.1) is 0 Å². The molecule has 0 fully saturated rings. The van der Waals surface area contributed by atoms with Crippen LogP contribution in [0, 0.1) is 11.8 Å². The molecule has 0 aromatic heterocycles. The highest BCUT2D eigenvalue weighted by Crippen LogP contribution is 2.28. The average Bonchev–Trinajstić information content (AvgIpc) is 2.49. The van der Waals surface area contributed by atoms with Gasteiger partial charge in [-0.3, -0.25) is 9.59 Å². The molecule has 22 heavy (non-hydrogen) atoms. The lowest BCUT2D eigenvalue weighted by Gasteiger charge is -2.29. The number of benzene rings is 1. The van der Waals surface area contributed by atoms with Gasteiger partial charge in [0.2, 0.25) is 5.91 Å². The van der Waals surface area contributed by atoms with Gasteiger partial charge in [-0.25, -0.2) is 0 Å². The van der Waals surface area contributed by atoms with E-state index in [4.69, 9.17) is 0 Å². The van der Waals surface area contributed by atoms with Crippen LogP contribution in [0.1, 0.15) is 46.1 Å². The van der Waals surface area contributed by atoms with Crippen molar-refractivity contribution in [3.63, 3.8) is 0 Å². The quantitative estimate of drug-likeness (QED) is 0.775. The molecule has 0 bridgehead atoms. The number of amides is 1. The van der Waals surface area contributed by atoms with Gasteiger partial charge in [0, 0.05) is 13.0 Å². The van der Waals surface area contributed by atoms with E-state index >= 15 is 0 Å². The van der Waals surface area contributed by atoms with E-state index in [1.165, 1.54) is 0 Å². The molecule has 0 aliphatic carbocycles. The van der Waals surface area contributed by atoms with Crippen molar-refractivity contribution in [1.29, 1.82) is 0 Å². The van der Waals surface area contributed by atoms with Crippen LogP contribution in [0.2, 0.25) is 0 Å². The lowest BCUT2D eigenvalue weighted by Crippen LogP contribution is -2.46. The van der Waals surface area contributed by atoms with Gasteiger partial charge in [0.15, 0.2) is 0 Å². The van der Waals surface area contributed by atoms with Crippen LogP contribution in [0.4, 0.5) is 0 Å². The summed E-state index contributed by atoms with van der Waals surface area (Å²) >= 11 is 0. The summed E-state index contributed by atoms with van der Waals surface area (Å²) in [6, 6.07) is 9.12. The van der Waals surface area contributed by atoms with Crippen molar-refractivity contribution in [3.05, 3.63) is 35.9 Å². The molecular formula is C18H27NO3. The van der Waals surface area contributed by atoms with Crippen LogP contribution < -0.4 is 5.32 Å². The van der Waals surface area contributed by atoms with E-state index in [1.807, 2.05) is 32.0 Å². The molecular weight excluding hydrogens is 278 g/mol. The largest absolute Gasteiger partial charge is 0.481 e. The smallest absolute Gasteiger partial charge is 0.315 e. The monoisotopic (exact) mass is 305 g/mol. The second kappa shape index (κ2) is 7.97. The molecule has 1 aromatic rings. The van der Waals surface area contributed by atoms with Crippen LogP contribution in [0.5, 0.6) is 0 Å². The van der Waals surface area contributed by atoms with Gasteiger partial charge in [0.1, 0.15) is 5.41 Å². The first-order valence-electron chi connectivity index (χ1n) is 7.89. The Labute approximate surface area is 132 Å². The fraction of sp³-hybridized carbons (Fsp3) is 0.556. The van der Waals surface area contributed by atoms with Crippen LogP contribution >= 0.6 is 0 Å². The Hall–Kier alpha value is -1.84. The predicted molar refractivity (Wildman–Crippen MR) is 87.7 cm³/mol. The van der Waals surface area contributed by atoms with E-state index in [-0.39, 0.29) is 18.4 Å². The van der Waals surface area contributed by atoms with Crippen LogP contribution in [0.15, 0.2) is 30.3 Å². The molecule has 0 spiro atoms. The molecule has 1 rings (SSSR count). The average molecular weight is 305 g/mol. The van der Waals surface area contributed by atoms with E-state index in [2.05, 4.69) is 19.2 Å². The summed E-state index contributed by atoms with van der Waals surface area (Å²) < 4.78 is 0. The maximum atomic E-state index is 12.1. The number of carboxylic acids is 1. The minimum absolute atomic E-state index is 0.0868. The van der Waals surface area contributed by atoms with Crippen LogP contribution in [-0.2, 0) is 15.0 Å². The molecule has 0 aliphatic heterocycles. The second-order valence-corrected chi connectivity index (χ2v) is 6.31. The molecule has 0 saturated heterocycles. The first-order valence-corrected chi connectivity index (χ1v) is 7.89. The predicted octanol–water partition coefficient (Wildman–Crippen LogP) is 3.22. The van der Waals surface area contributed by atoms with Crippen molar-refractivity contribution in [3.8, 4) is 0 Å². The number of aliphatic carboxylic acids is 1. The Morgan fingerprint density at radius 2 is 1.77 bits per heavy atom. The molecule has 4 nitrogen and oxygen atoms in total. The normalized spacial score (nSPS) is 15.1. The highest BCUT2D eigenvalue weighted by Gasteiger charge is 2.39. The Morgan fingerprint density at radius 3 is 2.23 bits per heavy atom. The van der Waals surface area contributed by atoms with Crippen LogP contribution in [0.3, 0.4) is 0 Å². The minimum Gasteiger partial charge on any atom is -0.481 e. The van der Waals surface area contributed by atoms with Gasteiger partial charge < -0.3 is 10.4 Å². The highest BCUT2D eigenvalue weighted by molar-refractivity contribution is 5.83. The van der Waals surface area contributed by atoms with Crippen molar-refractivity contribution in [2.45, 2.75) is 46.0 Å². The first kappa shape index (κ1) is 18.2. The number of carboxylic acid groups (broad SMARTS) is 1. The van der Waals surface area contributed by atoms with Crippen molar-refractivity contribution < 1.29 is 14.7 Å². The Morgan fingerprint density at radius 1 is 1.18 bits per heavy atom. The maximum Gasteiger partial charge on any atom is 0.315 e. The summed E-state index contributed by atoms with van der Waals surface area (Å²) in [7, 11) is 0. The Bertz CT molecular complexity index is 498. The summed E-state index contributed by atoms with van der Waals surface area (Å²) in [6.45, 7) is 8.15. The number of hydrogen-bond donors (Lipinski definition) is 2. The Kier molecular flexibility index (Phi) is 6.60. The molecule has 2 atom stereocenters. The molecule has 2 N–H and O–H groups in total. The number of nitrogens with one attached hydrogen (secondary N) is 1. The standard InChI is InChI=1S/C18H27NO3/c1-5-18(17(21)22,15-9-7-6-8-10-15)12-19-16(20)11-14(4)13(2)3/h6-10,13-14H,5,11-12H2,1-4H3,(H,19,20)(H,21,22). The van der Waals surface area contributed by atoms with Gasteiger partial charge in [0.25, 0.3) is 0 Å². The third-order valence-electron chi connectivity index (χ3n) is 4.57. The molecule has 1 amide bonds. The summed E-state index contributed by atoms with van der Waals surface area (Å²) in [4.78, 5) is 23.9. The molecule has 1 aromatic carbocycles. The van der Waals surface area contributed by atoms with E-state index in [9.17, 15) is 14.7 Å². The number of hydrogen-bond acceptors (Lipinski definition) is 2. The van der Waals surface area contributed by atoms with Crippen molar-refractivity contribution in [2.75, 3.05) is 6.54 Å². The zero-order chi connectivity index (χ0) is 16.8. The third kappa shape index (κ3) is 4.33. The minimum atomic E-state index is -1.07. The highest BCUT2D eigenvalue weighted by atomic mass is 16.4. The fourth-order valence-electron chi connectivity index (χ4n) is 2.39. The molecule has 0 heterocycles. The summed E-state index contributed by atoms with van der Waals surface area (Å²) in [5.74, 6) is -0.289. The van der Waals surface area contributed by atoms with E-state index < -0.39 is 11.4 Å². The topological polar surface area (TPSA) is 66.4 Å². The third-order valence-corrected chi connectivity index (χ3v) is 4.57. The lowest BCUT2D eigenvalue weighted by atomic mass is 9.78. The number of rotatable bonds is 8. The second-order valence-electron chi connectivity index (χ2n) is 6.31. The molecule has 0 aliphatic rings. The molecule has 4 heteroatoms. The van der Waals surface area contributed by atoms with Gasteiger partial charge in [-0.2, -0.15) is 0 Å². The molecule has 0 radical (unpaired) electrons. The van der Waals surface area contributed by atoms with Crippen molar-refractivity contribution in [2.24, 2.45) is 11.8 Å². The van der Waals surface area contributed by atoms with Crippen LogP contribution in [0.25, 0.3) is 0 Å². The van der Waals surface area contributed by atoms with Crippen LogP contribution in [-0.4, -0.2) is 23.5 Å². The summed E-state index contributed by atoms with van der Waals surface area (Å²) in [5.41, 5.74) is -0.347. The maximum absolute atomic E-state index is 12.1. The number of carbonyl (C=O) groups excluding carboxylic acids is 1. The number of carbonyl (C=O) groups is 2. The van der Waals surface area contributed by atoms with Gasteiger partial charge >= 0.3 is 5.97 Å². The van der Waals surface area contributed by atoms with Crippen molar-refractivity contribution in [1.82, 2.24) is 5.32 Å².